The molecule has 0 saturated heterocycles. The number of carbonyl (C=O) groups excluding carboxylic acids is 1. The van der Waals surface area contributed by atoms with Crippen LogP contribution in [-0.4, -0.2) is 35.5 Å². The van der Waals surface area contributed by atoms with Gasteiger partial charge in [-0.2, -0.15) is 0 Å². The first-order valence-corrected chi connectivity index (χ1v) is 9.64. The molecule has 7 heteroatoms. The van der Waals surface area contributed by atoms with Crippen LogP contribution in [0, 0.1) is 0 Å². The molecule has 1 aliphatic carbocycles. The van der Waals surface area contributed by atoms with Crippen LogP contribution in [0.5, 0.6) is 0 Å². The number of nitrogens with one attached hydrogen (secondary N) is 3. The molecule has 1 amide bonds. The molecule has 0 spiro atoms. The molecule has 4 rings (SSSR count). The number of H-pyrrole nitrogens is 1. The van der Waals surface area contributed by atoms with Crippen LogP contribution in [0.4, 0.5) is 0 Å². The quantitative estimate of drug-likeness (QED) is 0.605. The van der Waals surface area contributed by atoms with Crippen molar-refractivity contribution in [2.45, 2.75) is 25.4 Å². The lowest BCUT2D eigenvalue weighted by molar-refractivity contribution is -0.886. The van der Waals surface area contributed by atoms with Crippen LogP contribution in [0.15, 0.2) is 40.5 Å². The third-order valence-corrected chi connectivity index (χ3v) is 5.32. The number of quaternary nitrogens is 1. The molecule has 1 fully saturated rings. The number of nitrogens with zero attached hydrogens (tertiary/aromatic N) is 1. The van der Waals surface area contributed by atoms with E-state index in [4.69, 9.17) is 0 Å². The highest BCUT2D eigenvalue weighted by molar-refractivity contribution is 7.17. The van der Waals surface area contributed by atoms with Gasteiger partial charge in [-0.15, -0.1) is 11.3 Å². The minimum absolute atomic E-state index is 0.0518. The second-order valence-electron chi connectivity index (χ2n) is 6.86. The van der Waals surface area contributed by atoms with Gasteiger partial charge in [0.15, 0.2) is 12.4 Å². The third-order valence-electron chi connectivity index (χ3n) is 4.45. The summed E-state index contributed by atoms with van der Waals surface area (Å²) in [4.78, 5) is 33.8. The van der Waals surface area contributed by atoms with Gasteiger partial charge in [-0.25, -0.2) is 4.98 Å². The van der Waals surface area contributed by atoms with E-state index in [1.165, 1.54) is 11.3 Å². The molecule has 0 bridgehead atoms. The van der Waals surface area contributed by atoms with Crippen LogP contribution in [0.25, 0.3) is 21.3 Å². The first-order valence-electron chi connectivity index (χ1n) is 8.76. The lowest BCUT2D eigenvalue weighted by Crippen LogP contribution is -3.09. The average molecular weight is 369 g/mol. The average Bonchev–Trinajstić information content (AvgIpc) is 3.31. The maximum absolute atomic E-state index is 12.6. The highest BCUT2D eigenvalue weighted by atomic mass is 32.1. The number of amides is 1. The van der Waals surface area contributed by atoms with Gasteiger partial charge in [-0.3, -0.25) is 9.59 Å². The van der Waals surface area contributed by atoms with E-state index in [1.807, 2.05) is 42.8 Å². The Morgan fingerprint density at radius 2 is 2.12 bits per heavy atom. The van der Waals surface area contributed by atoms with Crippen LogP contribution in [0.2, 0.25) is 0 Å². The summed E-state index contributed by atoms with van der Waals surface area (Å²) in [5.74, 6) is 0.664. The molecule has 6 nitrogen and oxygen atoms in total. The Hall–Kier alpha value is -2.51. The summed E-state index contributed by atoms with van der Waals surface area (Å²) in [5, 5.41) is 5.59. The summed E-state index contributed by atoms with van der Waals surface area (Å²) in [6, 6.07) is 10.2. The Bertz CT molecular complexity index is 992. The molecule has 1 atom stereocenters. The lowest BCUT2D eigenvalue weighted by atomic mass is 10.1. The first-order chi connectivity index (χ1) is 12.6. The number of likely N-dealkylation sites (N-methyl/N-ethyl adjacent to an activating group) is 1. The Labute approximate surface area is 154 Å². The Morgan fingerprint density at radius 3 is 2.85 bits per heavy atom. The zero-order valence-electron chi connectivity index (χ0n) is 14.5. The van der Waals surface area contributed by atoms with Crippen molar-refractivity contribution < 1.29 is 9.69 Å². The number of thiophene rings is 1. The van der Waals surface area contributed by atoms with Crippen LogP contribution in [-0.2, 0) is 11.3 Å². The van der Waals surface area contributed by atoms with Crippen molar-refractivity contribution in [1.82, 2.24) is 15.3 Å². The number of fused-ring (bicyclic) bond motifs is 1. The third kappa shape index (κ3) is 3.68. The van der Waals surface area contributed by atoms with E-state index in [2.05, 4.69) is 15.3 Å². The molecule has 2 aromatic heterocycles. The second kappa shape index (κ2) is 7.01. The van der Waals surface area contributed by atoms with Gasteiger partial charge in [0.2, 0.25) is 0 Å². The van der Waals surface area contributed by atoms with E-state index in [9.17, 15) is 9.59 Å². The highest BCUT2D eigenvalue weighted by Crippen LogP contribution is 2.30. The Balaban J connectivity index is 1.54. The maximum Gasteiger partial charge on any atom is 0.275 e. The normalized spacial score (nSPS) is 15.1. The zero-order valence-corrected chi connectivity index (χ0v) is 15.4. The first kappa shape index (κ1) is 16.9. The van der Waals surface area contributed by atoms with Crippen LogP contribution in [0.3, 0.4) is 0 Å². The standard InChI is InChI=1S/C19H20N4O2S/c1-23(10-16(24)20-13-7-8-13)9-15-21-18(25)17-14(11-26-19(17)22-15)12-5-3-2-4-6-12/h2-6,11,13H,7-10H2,1H3,(H,20,24)(H,21,22,25)/p+1. The molecule has 3 N–H and O–H groups in total. The number of hydrogen-bond acceptors (Lipinski definition) is 4. The smallest absolute Gasteiger partial charge is 0.275 e. The molecular weight excluding hydrogens is 348 g/mol. The van der Waals surface area contributed by atoms with Crippen molar-refractivity contribution in [3.63, 3.8) is 0 Å². The SMILES string of the molecule is C[NH+](CC(=O)NC1CC1)Cc1nc2scc(-c3ccccc3)c2c(=O)[nH]1. The van der Waals surface area contributed by atoms with Crippen molar-refractivity contribution >= 4 is 27.5 Å². The molecule has 2 heterocycles. The summed E-state index contributed by atoms with van der Waals surface area (Å²) in [5.41, 5.74) is 1.80. The topological polar surface area (TPSA) is 79.3 Å². The van der Waals surface area contributed by atoms with Crippen molar-refractivity contribution in [3.8, 4) is 11.1 Å². The fourth-order valence-electron chi connectivity index (χ4n) is 3.04. The van der Waals surface area contributed by atoms with Crippen molar-refractivity contribution in [3.05, 3.63) is 51.9 Å². The van der Waals surface area contributed by atoms with E-state index in [0.29, 0.717) is 30.3 Å². The van der Waals surface area contributed by atoms with Crippen molar-refractivity contribution in [2.75, 3.05) is 13.6 Å². The maximum atomic E-state index is 12.6. The fraction of sp³-hybridized carbons (Fsp3) is 0.316. The van der Waals surface area contributed by atoms with Gasteiger partial charge < -0.3 is 15.2 Å². The summed E-state index contributed by atoms with van der Waals surface area (Å²) in [6.45, 7) is 0.875. The van der Waals surface area contributed by atoms with Crippen LogP contribution >= 0.6 is 11.3 Å². The predicted octanol–water partition coefficient (Wildman–Crippen LogP) is 0.945. The lowest BCUT2D eigenvalue weighted by Gasteiger charge is -2.13. The Morgan fingerprint density at radius 1 is 1.35 bits per heavy atom. The molecule has 1 aromatic carbocycles. The molecule has 1 aliphatic rings. The minimum atomic E-state index is -0.125. The zero-order chi connectivity index (χ0) is 18.1. The predicted molar refractivity (Wildman–Crippen MR) is 102 cm³/mol. The van der Waals surface area contributed by atoms with Gasteiger partial charge in [-0.05, 0) is 18.4 Å². The molecule has 3 aromatic rings. The molecule has 0 aliphatic heterocycles. The van der Waals surface area contributed by atoms with Gasteiger partial charge in [-0.1, -0.05) is 30.3 Å². The van der Waals surface area contributed by atoms with E-state index in [1.54, 1.807) is 0 Å². The van der Waals surface area contributed by atoms with E-state index in [-0.39, 0.29) is 11.5 Å². The number of aromatic nitrogens is 2. The number of aromatic amines is 1. The van der Waals surface area contributed by atoms with E-state index < -0.39 is 0 Å². The Kier molecular flexibility index (Phi) is 4.57. The largest absolute Gasteiger partial charge is 0.348 e. The van der Waals surface area contributed by atoms with Crippen LogP contribution < -0.4 is 15.8 Å². The molecule has 1 saturated carbocycles. The van der Waals surface area contributed by atoms with Gasteiger partial charge in [0.05, 0.1) is 12.4 Å². The van der Waals surface area contributed by atoms with E-state index >= 15 is 0 Å². The number of hydrogen-bond donors (Lipinski definition) is 3. The van der Waals surface area contributed by atoms with E-state index in [0.717, 1.165) is 33.7 Å². The summed E-state index contributed by atoms with van der Waals surface area (Å²) in [6.07, 6.45) is 2.16. The monoisotopic (exact) mass is 369 g/mol. The second-order valence-corrected chi connectivity index (χ2v) is 7.72. The molecule has 134 valence electrons. The van der Waals surface area contributed by atoms with Gasteiger partial charge >= 0.3 is 0 Å². The minimum Gasteiger partial charge on any atom is -0.348 e. The van der Waals surface area contributed by atoms with Crippen LogP contribution in [0.1, 0.15) is 18.7 Å². The van der Waals surface area contributed by atoms with Gasteiger partial charge in [0, 0.05) is 17.0 Å². The van der Waals surface area contributed by atoms with Crippen molar-refractivity contribution in [2.24, 2.45) is 0 Å². The summed E-state index contributed by atoms with van der Waals surface area (Å²) >= 11 is 1.48. The molecule has 1 unspecified atom stereocenters. The van der Waals surface area contributed by atoms with Gasteiger partial charge in [0.1, 0.15) is 11.4 Å². The fourth-order valence-corrected chi connectivity index (χ4v) is 4.00. The molecule has 26 heavy (non-hydrogen) atoms. The number of benzene rings is 1. The molecular formula is C19H21N4O2S+. The van der Waals surface area contributed by atoms with Crippen molar-refractivity contribution in [1.29, 1.82) is 0 Å². The highest BCUT2D eigenvalue weighted by Gasteiger charge is 2.24. The summed E-state index contributed by atoms with van der Waals surface area (Å²) < 4.78 is 0. The summed E-state index contributed by atoms with van der Waals surface area (Å²) in [7, 11) is 1.93. The number of carbonyl (C=O) groups is 1. The molecule has 0 radical (unpaired) electrons. The van der Waals surface area contributed by atoms with Gasteiger partial charge in [0.25, 0.3) is 11.5 Å². The number of rotatable bonds is 6.